The van der Waals surface area contributed by atoms with Crippen LogP contribution in [-0.2, 0) is 6.42 Å². The fraction of sp³-hybridized carbons (Fsp3) is 0.154. The van der Waals surface area contributed by atoms with E-state index in [9.17, 15) is 9.18 Å². The predicted octanol–water partition coefficient (Wildman–Crippen LogP) is 2.20. The van der Waals surface area contributed by atoms with Crippen LogP contribution in [0.15, 0.2) is 33.5 Å². The second-order valence-electron chi connectivity index (χ2n) is 4.01. The van der Waals surface area contributed by atoms with Crippen LogP contribution in [0.2, 0.25) is 0 Å². The first-order valence-electron chi connectivity index (χ1n) is 5.78. The molecule has 5 nitrogen and oxygen atoms in total. The van der Waals surface area contributed by atoms with E-state index in [-0.39, 0.29) is 11.5 Å². The molecule has 0 fully saturated rings. The van der Waals surface area contributed by atoms with Crippen molar-refractivity contribution >= 4 is 21.7 Å². The van der Waals surface area contributed by atoms with Crippen molar-refractivity contribution in [2.75, 3.05) is 11.9 Å². The Hall–Kier alpha value is -2.20. The maximum absolute atomic E-state index is 13.5. The summed E-state index contributed by atoms with van der Waals surface area (Å²) in [5.74, 6) is 0.00675. The van der Waals surface area contributed by atoms with Gasteiger partial charge in [0.2, 0.25) is 0 Å². The molecule has 0 spiro atoms. The summed E-state index contributed by atoms with van der Waals surface area (Å²) in [6.07, 6.45) is 0.432. The molecule has 0 bridgehead atoms. The van der Waals surface area contributed by atoms with Crippen LogP contribution in [0, 0.1) is 17.1 Å². The first kappa shape index (κ1) is 14.2. The first-order chi connectivity index (χ1) is 9.58. The molecule has 102 valence electrons. The van der Waals surface area contributed by atoms with E-state index in [0.29, 0.717) is 24.3 Å². The summed E-state index contributed by atoms with van der Waals surface area (Å²) in [5.41, 5.74) is 0.0820. The summed E-state index contributed by atoms with van der Waals surface area (Å²) >= 11 is 3.28. The number of hydrogen-bond acceptors (Lipinski definition) is 4. The highest BCUT2D eigenvalue weighted by Gasteiger charge is 2.04. The Morgan fingerprint density at radius 3 is 3.00 bits per heavy atom. The Bertz CT molecular complexity index is 723. The van der Waals surface area contributed by atoms with Crippen LogP contribution in [0.5, 0.6) is 0 Å². The molecular formula is C13H10BrFN4O. The minimum atomic E-state index is -0.597. The fourth-order valence-corrected chi connectivity index (χ4v) is 2.08. The number of H-pyrrole nitrogens is 1. The van der Waals surface area contributed by atoms with E-state index in [1.165, 1.54) is 12.1 Å². The molecule has 0 saturated carbocycles. The number of aromatic nitrogens is 2. The normalized spacial score (nSPS) is 10.1. The zero-order chi connectivity index (χ0) is 14.5. The average molecular weight is 337 g/mol. The second-order valence-corrected chi connectivity index (χ2v) is 4.93. The quantitative estimate of drug-likeness (QED) is 0.896. The molecule has 0 saturated heterocycles. The van der Waals surface area contributed by atoms with Crippen molar-refractivity contribution < 1.29 is 4.39 Å². The van der Waals surface area contributed by atoms with Crippen LogP contribution in [0.4, 0.5) is 10.2 Å². The van der Waals surface area contributed by atoms with Crippen LogP contribution in [0.3, 0.4) is 0 Å². The Morgan fingerprint density at radius 1 is 1.45 bits per heavy atom. The third kappa shape index (κ3) is 3.65. The fourth-order valence-electron chi connectivity index (χ4n) is 1.67. The largest absolute Gasteiger partial charge is 0.369 e. The smallest absolute Gasteiger partial charge is 0.347 e. The molecule has 0 atom stereocenters. The highest BCUT2D eigenvalue weighted by atomic mass is 79.9. The van der Waals surface area contributed by atoms with Gasteiger partial charge in [-0.1, -0.05) is 15.9 Å². The summed E-state index contributed by atoms with van der Waals surface area (Å²) in [5, 5.41) is 11.6. The van der Waals surface area contributed by atoms with Gasteiger partial charge in [-0.05, 0) is 30.2 Å². The van der Waals surface area contributed by atoms with E-state index < -0.39 is 5.69 Å². The third-order valence-electron chi connectivity index (χ3n) is 2.57. The number of aromatic amines is 1. The van der Waals surface area contributed by atoms with Crippen LogP contribution in [0.1, 0.15) is 11.3 Å². The molecule has 0 amide bonds. The standard InChI is InChI=1S/C13H10BrFN4O/c14-9-1-2-11(15)8(5-9)3-4-17-12-6-10(7-16)18-13(20)19-12/h1-2,5-6H,3-4H2,(H2,17,18,19,20). The summed E-state index contributed by atoms with van der Waals surface area (Å²) in [4.78, 5) is 17.1. The molecule has 0 aliphatic heterocycles. The summed E-state index contributed by atoms with van der Waals surface area (Å²) in [6, 6.07) is 7.97. The van der Waals surface area contributed by atoms with E-state index in [1.807, 2.05) is 6.07 Å². The van der Waals surface area contributed by atoms with E-state index in [0.717, 1.165) is 4.47 Å². The lowest BCUT2D eigenvalue weighted by Crippen LogP contribution is -2.16. The number of rotatable bonds is 4. The highest BCUT2D eigenvalue weighted by Crippen LogP contribution is 2.16. The third-order valence-corrected chi connectivity index (χ3v) is 3.07. The van der Waals surface area contributed by atoms with Crippen molar-refractivity contribution in [1.29, 1.82) is 5.26 Å². The maximum atomic E-state index is 13.5. The van der Waals surface area contributed by atoms with Crippen molar-refractivity contribution in [2.24, 2.45) is 0 Å². The van der Waals surface area contributed by atoms with Crippen LogP contribution in [-0.4, -0.2) is 16.5 Å². The molecule has 2 rings (SSSR count). The van der Waals surface area contributed by atoms with Crippen molar-refractivity contribution in [3.05, 3.63) is 56.3 Å². The molecule has 1 aromatic carbocycles. The predicted molar refractivity (Wildman–Crippen MR) is 75.9 cm³/mol. The van der Waals surface area contributed by atoms with Gasteiger partial charge >= 0.3 is 5.69 Å². The monoisotopic (exact) mass is 336 g/mol. The maximum Gasteiger partial charge on any atom is 0.347 e. The SMILES string of the molecule is N#Cc1cc(NCCc2cc(Br)ccc2F)nc(=O)[nH]1. The molecule has 1 heterocycles. The topological polar surface area (TPSA) is 81.6 Å². The van der Waals surface area contributed by atoms with Crippen molar-refractivity contribution in [2.45, 2.75) is 6.42 Å². The molecular weight excluding hydrogens is 327 g/mol. The van der Waals surface area contributed by atoms with E-state index in [4.69, 9.17) is 5.26 Å². The Balaban J connectivity index is 2.03. The van der Waals surface area contributed by atoms with Crippen molar-refractivity contribution in [1.82, 2.24) is 9.97 Å². The number of benzene rings is 1. The lowest BCUT2D eigenvalue weighted by molar-refractivity contribution is 0.610. The van der Waals surface area contributed by atoms with Gasteiger partial charge in [-0.15, -0.1) is 0 Å². The van der Waals surface area contributed by atoms with Gasteiger partial charge in [-0.3, -0.25) is 4.98 Å². The molecule has 0 aliphatic rings. The summed E-state index contributed by atoms with van der Waals surface area (Å²) in [6.45, 7) is 0.398. The molecule has 20 heavy (non-hydrogen) atoms. The number of nitrogens with one attached hydrogen (secondary N) is 2. The molecule has 0 radical (unpaired) electrons. The Morgan fingerprint density at radius 2 is 2.25 bits per heavy atom. The zero-order valence-corrected chi connectivity index (χ0v) is 11.9. The van der Waals surface area contributed by atoms with Crippen molar-refractivity contribution in [3.63, 3.8) is 0 Å². The van der Waals surface area contributed by atoms with Gasteiger partial charge in [0.1, 0.15) is 23.4 Å². The Kier molecular flexibility index (Phi) is 4.48. The summed E-state index contributed by atoms with van der Waals surface area (Å²) < 4.78 is 14.3. The van der Waals surface area contributed by atoms with Crippen LogP contribution >= 0.6 is 15.9 Å². The highest BCUT2D eigenvalue weighted by molar-refractivity contribution is 9.10. The number of nitriles is 1. The molecule has 0 aliphatic carbocycles. The number of halogens is 2. The van der Waals surface area contributed by atoms with Gasteiger partial charge in [0.05, 0.1) is 0 Å². The van der Waals surface area contributed by atoms with Gasteiger partial charge in [0.25, 0.3) is 0 Å². The van der Waals surface area contributed by atoms with Crippen LogP contribution in [0.25, 0.3) is 0 Å². The molecule has 7 heteroatoms. The average Bonchev–Trinajstić information content (AvgIpc) is 2.42. The second kappa shape index (κ2) is 6.30. The van der Waals surface area contributed by atoms with Crippen molar-refractivity contribution in [3.8, 4) is 6.07 Å². The van der Waals surface area contributed by atoms with Gasteiger partial charge in [0, 0.05) is 17.1 Å². The minimum Gasteiger partial charge on any atom is -0.369 e. The number of hydrogen-bond donors (Lipinski definition) is 2. The van der Waals surface area contributed by atoms with Crippen LogP contribution < -0.4 is 11.0 Å². The lowest BCUT2D eigenvalue weighted by Gasteiger charge is -2.06. The first-order valence-corrected chi connectivity index (χ1v) is 6.57. The van der Waals surface area contributed by atoms with E-state index >= 15 is 0 Å². The molecule has 0 unspecified atom stereocenters. The summed E-state index contributed by atoms with van der Waals surface area (Å²) in [7, 11) is 0. The van der Waals surface area contributed by atoms with E-state index in [2.05, 4.69) is 31.2 Å². The van der Waals surface area contributed by atoms with Gasteiger partial charge in [-0.2, -0.15) is 10.2 Å². The van der Waals surface area contributed by atoms with Gasteiger partial charge in [0.15, 0.2) is 0 Å². The zero-order valence-electron chi connectivity index (χ0n) is 10.3. The molecule has 2 aromatic rings. The Labute approximate surface area is 122 Å². The van der Waals surface area contributed by atoms with Gasteiger partial charge < -0.3 is 5.32 Å². The van der Waals surface area contributed by atoms with Gasteiger partial charge in [-0.25, -0.2) is 9.18 Å². The molecule has 1 aromatic heterocycles. The number of anilines is 1. The number of nitrogens with zero attached hydrogens (tertiary/aromatic N) is 2. The van der Waals surface area contributed by atoms with E-state index in [1.54, 1.807) is 12.1 Å². The minimum absolute atomic E-state index is 0.126. The lowest BCUT2D eigenvalue weighted by atomic mass is 10.1. The molecule has 2 N–H and O–H groups in total.